The van der Waals surface area contributed by atoms with Crippen LogP contribution in [-0.2, 0) is 15.7 Å². The van der Waals surface area contributed by atoms with Gasteiger partial charge in [0.05, 0.1) is 17.9 Å². The number of phosphoric ester groups is 1. The van der Waals surface area contributed by atoms with Crippen molar-refractivity contribution in [1.29, 1.82) is 0 Å². The van der Waals surface area contributed by atoms with Gasteiger partial charge in [-0.3, -0.25) is 9.32 Å². The quantitative estimate of drug-likeness (QED) is 0.318. The Morgan fingerprint density at radius 3 is 2.03 bits per heavy atom. The molecule has 0 saturated heterocycles. The Kier molecular flexibility index (Phi) is 9.43. The summed E-state index contributed by atoms with van der Waals surface area (Å²) in [5.41, 5.74) is 0.265. The number of nitrogens with one attached hydrogen (secondary N) is 1. The number of hydrogen-bond acceptors (Lipinski definition) is 5. The van der Waals surface area contributed by atoms with Crippen molar-refractivity contribution in [2.45, 2.75) is 19.9 Å². The number of H-pyrrole nitrogens is 1. The summed E-state index contributed by atoms with van der Waals surface area (Å²) in [5, 5.41) is -0.0913. The zero-order valence-corrected chi connectivity index (χ0v) is 21.4. The minimum atomic E-state index is -4.80. The van der Waals surface area contributed by atoms with Crippen LogP contribution in [0.15, 0.2) is 53.3 Å². The number of alkyl halides is 3. The first kappa shape index (κ1) is 28.4. The van der Waals surface area contributed by atoms with E-state index >= 15 is 0 Å². The summed E-state index contributed by atoms with van der Waals surface area (Å²) in [4.78, 5) is 33.5. The van der Waals surface area contributed by atoms with Crippen molar-refractivity contribution in [3.8, 4) is 28.4 Å². The molecule has 3 rings (SSSR count). The number of hydrogen-bond donors (Lipinski definition) is 3. The minimum absolute atomic E-state index is 0. The Morgan fingerprint density at radius 1 is 1.03 bits per heavy atom. The fourth-order valence-electron chi connectivity index (χ4n) is 2.86. The van der Waals surface area contributed by atoms with Crippen LogP contribution in [0.4, 0.5) is 13.2 Å². The van der Waals surface area contributed by atoms with E-state index in [4.69, 9.17) is 26.1 Å². The fourth-order valence-corrected chi connectivity index (χ4v) is 3.30. The normalized spacial score (nSPS) is 11.6. The molecule has 0 aliphatic heterocycles. The minimum Gasteiger partial charge on any atom is -1.00 e. The summed E-state index contributed by atoms with van der Waals surface area (Å²) in [6.45, 7) is 0.952. The third-order valence-corrected chi connectivity index (χ3v) is 5.13. The van der Waals surface area contributed by atoms with Gasteiger partial charge in [0, 0.05) is 5.69 Å². The van der Waals surface area contributed by atoms with Crippen LogP contribution in [0.1, 0.15) is 12.8 Å². The Bertz CT molecular complexity index is 1250. The van der Waals surface area contributed by atoms with Gasteiger partial charge in [-0.2, -0.15) is 0 Å². The maximum atomic E-state index is 12.7. The molecule has 8 nitrogen and oxygen atoms in total. The van der Waals surface area contributed by atoms with Crippen LogP contribution in [-0.4, -0.2) is 21.1 Å². The number of aromatic nitrogens is 1. The Hall–Kier alpha value is -1.82. The predicted molar refractivity (Wildman–Crippen MR) is 113 cm³/mol. The summed E-state index contributed by atoms with van der Waals surface area (Å²) in [5.74, 6) is 0.154. The van der Waals surface area contributed by atoms with Crippen molar-refractivity contribution in [3.05, 3.63) is 75.2 Å². The first-order valence-electron chi connectivity index (χ1n) is 9.08. The summed E-state index contributed by atoms with van der Waals surface area (Å²) >= 11 is 6.04. The predicted octanol–water partition coefficient (Wildman–Crippen LogP) is 2.42. The van der Waals surface area contributed by atoms with Gasteiger partial charge in [0.2, 0.25) is 5.43 Å². The topological polar surface area (TPSA) is 118 Å². The van der Waals surface area contributed by atoms with E-state index < -0.39 is 32.0 Å². The van der Waals surface area contributed by atoms with Gasteiger partial charge < -0.3 is 25.7 Å². The van der Waals surface area contributed by atoms with Crippen molar-refractivity contribution < 1.29 is 72.5 Å². The van der Waals surface area contributed by atoms with Crippen LogP contribution in [0.2, 0.25) is 5.02 Å². The number of rotatable bonds is 7. The van der Waals surface area contributed by atoms with E-state index in [0.29, 0.717) is 17.0 Å². The average molecular weight is 530 g/mol. The van der Waals surface area contributed by atoms with Crippen LogP contribution in [0.5, 0.6) is 17.2 Å². The molecule has 2 aromatic carbocycles. The van der Waals surface area contributed by atoms with Crippen molar-refractivity contribution in [1.82, 2.24) is 4.98 Å². The number of halogens is 4. The number of benzene rings is 2. The van der Waals surface area contributed by atoms with Gasteiger partial charge in [-0.25, -0.2) is 4.57 Å². The molecule has 1 aromatic heterocycles. The van der Waals surface area contributed by atoms with Crippen molar-refractivity contribution in [3.63, 3.8) is 0 Å². The van der Waals surface area contributed by atoms with Crippen LogP contribution >= 0.6 is 19.4 Å². The number of aromatic amines is 1. The van der Waals surface area contributed by atoms with Crippen LogP contribution in [0.3, 0.4) is 0 Å². The largest absolute Gasteiger partial charge is 1.00 e. The van der Waals surface area contributed by atoms with Gasteiger partial charge in [-0.05, 0) is 48.9 Å². The molecule has 0 spiro atoms. The average Bonchev–Trinajstić information content (AvgIpc) is 2.71. The van der Waals surface area contributed by atoms with Crippen LogP contribution in [0.25, 0.3) is 11.1 Å². The molecule has 0 amide bonds. The number of ether oxygens (including phenoxy) is 2. The Labute approximate surface area is 219 Å². The summed E-state index contributed by atoms with van der Waals surface area (Å²) in [6.07, 6.45) is -4.80. The van der Waals surface area contributed by atoms with Gasteiger partial charge in [0.1, 0.15) is 22.3 Å². The van der Waals surface area contributed by atoms with Gasteiger partial charge in [0.25, 0.3) is 0 Å². The van der Waals surface area contributed by atoms with Crippen molar-refractivity contribution in [2.75, 3.05) is 0 Å². The summed E-state index contributed by atoms with van der Waals surface area (Å²) < 4.78 is 61.7. The molecule has 1 heterocycles. The number of phosphoric acid groups is 1. The second kappa shape index (κ2) is 11.3. The third-order valence-electron chi connectivity index (χ3n) is 4.21. The fraction of sp³-hybridized carbons (Fsp3) is 0.150. The van der Waals surface area contributed by atoms with Gasteiger partial charge in [-0.1, -0.05) is 23.7 Å². The zero-order chi connectivity index (χ0) is 24.4. The SMILES string of the molecule is Cc1[nH]c(COP(=O)(O)O)c(-c2ccc(Oc3ccc(OC(F)(F)F)cc3)cc2)c(=O)c1Cl.[H-].[Na+]. The van der Waals surface area contributed by atoms with E-state index in [0.717, 1.165) is 12.1 Å². The molecule has 0 bridgehead atoms. The van der Waals surface area contributed by atoms with E-state index in [1.165, 1.54) is 43.3 Å². The third kappa shape index (κ3) is 7.86. The molecule has 0 saturated carbocycles. The maximum Gasteiger partial charge on any atom is 1.00 e. The Balaban J connectivity index is 0.00000306. The molecule has 178 valence electrons. The van der Waals surface area contributed by atoms with Gasteiger partial charge in [0.15, 0.2) is 0 Å². The van der Waals surface area contributed by atoms with Crippen LogP contribution < -0.4 is 44.5 Å². The first-order valence-corrected chi connectivity index (χ1v) is 11.0. The molecule has 0 unspecified atom stereocenters. The molecule has 34 heavy (non-hydrogen) atoms. The molecule has 0 radical (unpaired) electrons. The van der Waals surface area contributed by atoms with Crippen molar-refractivity contribution in [2.24, 2.45) is 0 Å². The maximum absolute atomic E-state index is 12.7. The van der Waals surface area contributed by atoms with E-state index in [9.17, 15) is 22.5 Å². The second-order valence-electron chi connectivity index (χ2n) is 6.66. The van der Waals surface area contributed by atoms with Gasteiger partial charge in [-0.15, -0.1) is 13.2 Å². The molecule has 14 heteroatoms. The molecular weight excluding hydrogens is 513 g/mol. The number of aryl methyl sites for hydroxylation is 1. The molecule has 0 atom stereocenters. The molecule has 3 N–H and O–H groups in total. The smallest absolute Gasteiger partial charge is 1.00 e. The summed E-state index contributed by atoms with van der Waals surface area (Å²) in [7, 11) is -4.79. The van der Waals surface area contributed by atoms with E-state index in [1.807, 2.05) is 0 Å². The van der Waals surface area contributed by atoms with Crippen molar-refractivity contribution >= 4 is 19.4 Å². The van der Waals surface area contributed by atoms with E-state index in [-0.39, 0.29) is 53.0 Å². The molecule has 0 aliphatic carbocycles. The molecule has 0 aliphatic rings. The van der Waals surface area contributed by atoms with Crippen LogP contribution in [0, 0.1) is 6.92 Å². The zero-order valence-electron chi connectivity index (χ0n) is 18.7. The number of pyridine rings is 1. The Morgan fingerprint density at radius 2 is 1.53 bits per heavy atom. The summed E-state index contributed by atoms with van der Waals surface area (Å²) in [6, 6.07) is 10.8. The monoisotopic (exact) mass is 529 g/mol. The van der Waals surface area contributed by atoms with Gasteiger partial charge >= 0.3 is 43.7 Å². The molecular formula is C20H17ClF3NNaO7P. The second-order valence-corrected chi connectivity index (χ2v) is 8.27. The van der Waals surface area contributed by atoms with E-state index in [1.54, 1.807) is 0 Å². The van der Waals surface area contributed by atoms with E-state index in [2.05, 4.69) is 14.2 Å². The molecule has 0 fully saturated rings. The molecule has 3 aromatic rings. The standard InChI is InChI=1S/C20H16ClF3NO7P.Na.H/c1-11-18(21)19(26)17(16(25-11)10-30-33(27,28)29)12-2-4-13(5-3-12)31-14-6-8-15(9-7-14)32-20(22,23)24;;/h2-9H,10H2,1H3,(H,25,26)(H2,27,28,29);;/q;+1;-1. The first-order chi connectivity index (χ1) is 15.3.